The van der Waals surface area contributed by atoms with Crippen molar-refractivity contribution in [1.82, 2.24) is 9.97 Å². The number of ether oxygens (including phenoxy) is 1. The fourth-order valence-electron chi connectivity index (χ4n) is 1.65. The van der Waals surface area contributed by atoms with Crippen LogP contribution in [0.1, 0.15) is 19.8 Å². The molecule has 2 heterocycles. The normalized spacial score (nSPS) is 10.1. The van der Waals surface area contributed by atoms with E-state index in [1.165, 1.54) is 0 Å². The monoisotopic (exact) mass is 271 g/mol. The van der Waals surface area contributed by atoms with E-state index in [4.69, 9.17) is 4.74 Å². The van der Waals surface area contributed by atoms with Crippen LogP contribution in [0.5, 0.6) is 0 Å². The first-order valence-corrected chi connectivity index (χ1v) is 6.60. The molecule has 5 nitrogen and oxygen atoms in total. The van der Waals surface area contributed by atoms with Gasteiger partial charge in [-0.25, -0.2) is 4.79 Å². The quantitative estimate of drug-likeness (QED) is 0.845. The lowest BCUT2D eigenvalue weighted by molar-refractivity contribution is 0.160. The topological polar surface area (TPSA) is 64.1 Å². The number of unbranched alkanes of at least 4 members (excludes halogenated alkanes) is 1. The third-order valence-electron chi connectivity index (χ3n) is 2.71. The van der Waals surface area contributed by atoms with Gasteiger partial charge in [0.05, 0.1) is 12.3 Å². The van der Waals surface area contributed by atoms with Gasteiger partial charge in [0, 0.05) is 29.8 Å². The Bertz CT molecular complexity index is 558. The van der Waals surface area contributed by atoms with Crippen molar-refractivity contribution in [3.63, 3.8) is 0 Å². The van der Waals surface area contributed by atoms with Gasteiger partial charge in [-0.15, -0.1) is 0 Å². The van der Waals surface area contributed by atoms with Gasteiger partial charge >= 0.3 is 6.09 Å². The lowest BCUT2D eigenvalue weighted by Gasteiger charge is -2.07. The van der Waals surface area contributed by atoms with Crippen LogP contribution in [0.2, 0.25) is 0 Å². The molecule has 0 bridgehead atoms. The summed E-state index contributed by atoms with van der Waals surface area (Å²) in [5.74, 6) is 0. The van der Waals surface area contributed by atoms with Crippen LogP contribution in [-0.4, -0.2) is 22.7 Å². The second kappa shape index (κ2) is 7.23. The van der Waals surface area contributed by atoms with Gasteiger partial charge in [-0.1, -0.05) is 13.3 Å². The van der Waals surface area contributed by atoms with Gasteiger partial charge in [-0.3, -0.25) is 15.3 Å². The molecule has 0 fully saturated rings. The molecule has 0 saturated carbocycles. The maximum atomic E-state index is 11.6. The van der Waals surface area contributed by atoms with Gasteiger partial charge in [0.2, 0.25) is 0 Å². The number of nitrogens with zero attached hydrogens (tertiary/aromatic N) is 2. The summed E-state index contributed by atoms with van der Waals surface area (Å²) in [6.07, 6.45) is 6.48. The first-order valence-electron chi connectivity index (χ1n) is 6.60. The third-order valence-corrected chi connectivity index (χ3v) is 2.71. The zero-order valence-corrected chi connectivity index (χ0v) is 11.4. The molecule has 0 spiro atoms. The minimum Gasteiger partial charge on any atom is -0.449 e. The number of rotatable bonds is 5. The van der Waals surface area contributed by atoms with Crippen molar-refractivity contribution in [2.75, 3.05) is 11.9 Å². The number of carbonyl (C=O) groups is 1. The van der Waals surface area contributed by atoms with Gasteiger partial charge in [-0.2, -0.15) is 0 Å². The summed E-state index contributed by atoms with van der Waals surface area (Å²) in [6, 6.07) is 7.26. The van der Waals surface area contributed by atoms with Crippen molar-refractivity contribution >= 4 is 11.8 Å². The molecule has 1 N–H and O–H groups in total. The number of pyridine rings is 2. The average Bonchev–Trinajstić information content (AvgIpc) is 2.49. The smallest absolute Gasteiger partial charge is 0.411 e. The Balaban J connectivity index is 2.01. The molecule has 0 aliphatic carbocycles. The van der Waals surface area contributed by atoms with Crippen LogP contribution < -0.4 is 5.32 Å². The number of nitrogens with one attached hydrogen (secondary N) is 1. The van der Waals surface area contributed by atoms with Crippen LogP contribution in [0.3, 0.4) is 0 Å². The van der Waals surface area contributed by atoms with Gasteiger partial charge in [-0.05, 0) is 30.7 Å². The molecule has 0 aromatic carbocycles. The van der Waals surface area contributed by atoms with Crippen LogP contribution in [0.25, 0.3) is 11.3 Å². The van der Waals surface area contributed by atoms with Gasteiger partial charge in [0.25, 0.3) is 0 Å². The molecule has 2 aromatic heterocycles. The number of hydrogen-bond acceptors (Lipinski definition) is 4. The highest BCUT2D eigenvalue weighted by molar-refractivity contribution is 5.85. The summed E-state index contributed by atoms with van der Waals surface area (Å²) in [5, 5.41) is 2.69. The first-order chi connectivity index (χ1) is 9.79. The second-order valence-corrected chi connectivity index (χ2v) is 4.28. The third kappa shape index (κ3) is 4.05. The molecule has 0 aliphatic rings. The standard InChI is InChI=1S/C15H17N3O2/c1-2-3-10-20-15(19)18-13-6-9-17-14(11-13)12-4-7-16-8-5-12/h4-9,11H,2-3,10H2,1H3,(H,17,18,19). The van der Waals surface area contributed by atoms with Crippen molar-refractivity contribution in [3.05, 3.63) is 42.9 Å². The SMILES string of the molecule is CCCCOC(=O)Nc1ccnc(-c2ccncc2)c1. The maximum absolute atomic E-state index is 11.6. The highest BCUT2D eigenvalue weighted by Crippen LogP contribution is 2.19. The molecule has 1 amide bonds. The minimum atomic E-state index is -0.440. The predicted octanol–water partition coefficient (Wildman–Crippen LogP) is 3.49. The average molecular weight is 271 g/mol. The second-order valence-electron chi connectivity index (χ2n) is 4.28. The molecule has 0 saturated heterocycles. The van der Waals surface area contributed by atoms with Crippen molar-refractivity contribution in [3.8, 4) is 11.3 Å². The number of hydrogen-bond donors (Lipinski definition) is 1. The van der Waals surface area contributed by atoms with Crippen molar-refractivity contribution in [2.24, 2.45) is 0 Å². The summed E-state index contributed by atoms with van der Waals surface area (Å²) in [6.45, 7) is 2.48. The fourth-order valence-corrected chi connectivity index (χ4v) is 1.65. The zero-order valence-electron chi connectivity index (χ0n) is 11.4. The minimum absolute atomic E-state index is 0.435. The molecule has 0 unspecified atom stereocenters. The van der Waals surface area contributed by atoms with E-state index in [0.29, 0.717) is 12.3 Å². The molecular formula is C15H17N3O2. The van der Waals surface area contributed by atoms with E-state index in [9.17, 15) is 4.79 Å². The number of amides is 1. The van der Waals surface area contributed by atoms with Crippen LogP contribution in [-0.2, 0) is 4.74 Å². The van der Waals surface area contributed by atoms with E-state index >= 15 is 0 Å². The lowest BCUT2D eigenvalue weighted by atomic mass is 10.2. The Hall–Kier alpha value is -2.43. The van der Waals surface area contributed by atoms with Crippen molar-refractivity contribution in [1.29, 1.82) is 0 Å². The summed E-state index contributed by atoms with van der Waals surface area (Å²) < 4.78 is 5.05. The largest absolute Gasteiger partial charge is 0.449 e. The predicted molar refractivity (Wildman–Crippen MR) is 77.3 cm³/mol. The van der Waals surface area contributed by atoms with Gasteiger partial charge in [0.1, 0.15) is 0 Å². The molecule has 5 heteroatoms. The van der Waals surface area contributed by atoms with E-state index in [1.54, 1.807) is 30.7 Å². The zero-order chi connectivity index (χ0) is 14.2. The molecule has 104 valence electrons. The Labute approximate surface area is 118 Å². The Morgan fingerprint density at radius 2 is 2.05 bits per heavy atom. The van der Waals surface area contributed by atoms with Gasteiger partial charge in [0.15, 0.2) is 0 Å². The Morgan fingerprint density at radius 3 is 2.80 bits per heavy atom. The van der Waals surface area contributed by atoms with Crippen LogP contribution in [0, 0.1) is 0 Å². The molecule has 0 radical (unpaired) electrons. The number of aromatic nitrogens is 2. The van der Waals surface area contributed by atoms with Crippen molar-refractivity contribution in [2.45, 2.75) is 19.8 Å². The summed E-state index contributed by atoms with van der Waals surface area (Å²) in [4.78, 5) is 19.8. The molecular weight excluding hydrogens is 254 g/mol. The molecule has 2 aromatic rings. The van der Waals surface area contributed by atoms with E-state index < -0.39 is 6.09 Å². The maximum Gasteiger partial charge on any atom is 0.411 e. The number of carbonyl (C=O) groups excluding carboxylic acids is 1. The highest BCUT2D eigenvalue weighted by Gasteiger charge is 2.05. The van der Waals surface area contributed by atoms with Gasteiger partial charge < -0.3 is 4.74 Å². The number of anilines is 1. The van der Waals surface area contributed by atoms with E-state index in [-0.39, 0.29) is 0 Å². The molecule has 0 aliphatic heterocycles. The highest BCUT2D eigenvalue weighted by atomic mass is 16.5. The Morgan fingerprint density at radius 1 is 1.25 bits per heavy atom. The lowest BCUT2D eigenvalue weighted by Crippen LogP contribution is -2.14. The molecule has 2 rings (SSSR count). The molecule has 20 heavy (non-hydrogen) atoms. The van der Waals surface area contributed by atoms with Crippen LogP contribution in [0.4, 0.5) is 10.5 Å². The van der Waals surface area contributed by atoms with Crippen LogP contribution in [0.15, 0.2) is 42.9 Å². The van der Waals surface area contributed by atoms with Crippen molar-refractivity contribution < 1.29 is 9.53 Å². The van der Waals surface area contributed by atoms with E-state index in [2.05, 4.69) is 15.3 Å². The summed E-state index contributed by atoms with van der Waals surface area (Å²) in [7, 11) is 0. The van der Waals surface area contributed by atoms with E-state index in [0.717, 1.165) is 24.1 Å². The molecule has 0 atom stereocenters. The fraction of sp³-hybridized carbons (Fsp3) is 0.267. The summed E-state index contributed by atoms with van der Waals surface area (Å²) in [5.41, 5.74) is 2.38. The first kappa shape index (κ1) is 14.0. The van der Waals surface area contributed by atoms with E-state index in [1.807, 2.05) is 19.1 Å². The Kier molecular flexibility index (Phi) is 5.06. The summed E-state index contributed by atoms with van der Waals surface area (Å²) >= 11 is 0. The van der Waals surface area contributed by atoms with Crippen LogP contribution >= 0.6 is 0 Å².